The van der Waals surface area contributed by atoms with Crippen LogP contribution in [0.4, 0.5) is 0 Å². The smallest absolute Gasteiger partial charge is 0.260 e. The van der Waals surface area contributed by atoms with Crippen LogP contribution in [0.2, 0.25) is 0 Å². The zero-order valence-corrected chi connectivity index (χ0v) is 18.3. The van der Waals surface area contributed by atoms with E-state index in [0.717, 1.165) is 40.6 Å². The molecule has 0 atom stereocenters. The molecule has 1 aliphatic carbocycles. The molecule has 1 N–H and O–H groups in total. The molecule has 5 rings (SSSR count). The van der Waals surface area contributed by atoms with Crippen molar-refractivity contribution in [2.75, 3.05) is 6.61 Å². The Morgan fingerprint density at radius 1 is 1.03 bits per heavy atom. The standard InChI is InChI=1S/C25H24N2O3S/c1-2-29-20-14-17(12-13-19(20)30-15-16-8-4-3-5-9-16)23-26-24(28)22-18-10-6-7-11-21(18)31-25(22)27-23/h3-5,8-9,12-14H,2,6-7,10-11,15H2,1H3,(H,26,27,28). The van der Waals surface area contributed by atoms with E-state index in [1.54, 1.807) is 11.3 Å². The van der Waals surface area contributed by atoms with Gasteiger partial charge in [0, 0.05) is 10.4 Å². The number of benzene rings is 2. The molecule has 2 aromatic carbocycles. The fourth-order valence-corrected chi connectivity index (χ4v) is 5.34. The Morgan fingerprint density at radius 3 is 2.71 bits per heavy atom. The van der Waals surface area contributed by atoms with Gasteiger partial charge in [0.15, 0.2) is 11.5 Å². The number of aromatic amines is 1. The van der Waals surface area contributed by atoms with Crippen LogP contribution in [0.25, 0.3) is 21.6 Å². The largest absolute Gasteiger partial charge is 0.490 e. The van der Waals surface area contributed by atoms with Crippen LogP contribution in [-0.2, 0) is 19.4 Å². The fraction of sp³-hybridized carbons (Fsp3) is 0.280. The normalized spacial score (nSPS) is 13.2. The molecule has 0 aliphatic heterocycles. The minimum Gasteiger partial charge on any atom is -0.490 e. The summed E-state index contributed by atoms with van der Waals surface area (Å²) in [5, 5.41) is 0.774. The van der Waals surface area contributed by atoms with Crippen molar-refractivity contribution in [3.63, 3.8) is 0 Å². The van der Waals surface area contributed by atoms with Gasteiger partial charge in [-0.05, 0) is 61.9 Å². The maximum Gasteiger partial charge on any atom is 0.260 e. The highest BCUT2D eigenvalue weighted by Crippen LogP contribution is 2.36. The third kappa shape index (κ3) is 3.95. The SMILES string of the molecule is CCOc1cc(-c2nc3sc4c(c3c(=O)[nH]2)CCCC4)ccc1OCc1ccccc1. The predicted molar refractivity (Wildman–Crippen MR) is 124 cm³/mol. The highest BCUT2D eigenvalue weighted by Gasteiger charge is 2.20. The second kappa shape index (κ2) is 8.55. The zero-order valence-electron chi connectivity index (χ0n) is 17.4. The van der Waals surface area contributed by atoms with E-state index < -0.39 is 0 Å². The van der Waals surface area contributed by atoms with Crippen molar-refractivity contribution in [1.82, 2.24) is 9.97 Å². The van der Waals surface area contributed by atoms with Gasteiger partial charge in [-0.3, -0.25) is 4.79 Å². The van der Waals surface area contributed by atoms with Gasteiger partial charge in [-0.15, -0.1) is 11.3 Å². The van der Waals surface area contributed by atoms with Crippen LogP contribution in [0.3, 0.4) is 0 Å². The number of nitrogens with zero attached hydrogens (tertiary/aromatic N) is 1. The Kier molecular flexibility index (Phi) is 5.47. The summed E-state index contributed by atoms with van der Waals surface area (Å²) in [6, 6.07) is 15.7. The molecule has 0 saturated heterocycles. The fourth-order valence-electron chi connectivity index (χ4n) is 4.08. The molecule has 4 aromatic rings. The van der Waals surface area contributed by atoms with Crippen LogP contribution in [0.1, 0.15) is 35.8 Å². The predicted octanol–water partition coefficient (Wildman–Crippen LogP) is 5.51. The number of rotatable bonds is 6. The van der Waals surface area contributed by atoms with E-state index in [0.29, 0.717) is 30.5 Å². The average Bonchev–Trinajstić information content (AvgIpc) is 3.18. The molecule has 2 heterocycles. The molecule has 0 fully saturated rings. The zero-order chi connectivity index (χ0) is 21.2. The van der Waals surface area contributed by atoms with E-state index in [-0.39, 0.29) is 5.56 Å². The molecule has 0 bridgehead atoms. The molecule has 1 aliphatic rings. The molecule has 31 heavy (non-hydrogen) atoms. The summed E-state index contributed by atoms with van der Waals surface area (Å²) in [5.41, 5.74) is 3.04. The number of fused-ring (bicyclic) bond motifs is 3. The van der Waals surface area contributed by atoms with Crippen LogP contribution < -0.4 is 15.0 Å². The van der Waals surface area contributed by atoms with Crippen LogP contribution in [-0.4, -0.2) is 16.6 Å². The highest BCUT2D eigenvalue weighted by molar-refractivity contribution is 7.18. The molecular weight excluding hydrogens is 408 g/mol. The number of nitrogens with one attached hydrogen (secondary N) is 1. The van der Waals surface area contributed by atoms with Gasteiger partial charge in [0.1, 0.15) is 17.3 Å². The van der Waals surface area contributed by atoms with Gasteiger partial charge in [0.2, 0.25) is 0 Å². The lowest BCUT2D eigenvalue weighted by Crippen LogP contribution is -2.11. The van der Waals surface area contributed by atoms with E-state index in [9.17, 15) is 4.79 Å². The average molecular weight is 433 g/mol. The summed E-state index contributed by atoms with van der Waals surface area (Å²) in [4.78, 5) is 22.8. The van der Waals surface area contributed by atoms with E-state index in [4.69, 9.17) is 14.5 Å². The summed E-state index contributed by atoms with van der Waals surface area (Å²) in [6.45, 7) is 2.92. The maximum absolute atomic E-state index is 12.9. The molecule has 0 spiro atoms. The molecule has 0 saturated carbocycles. The van der Waals surface area contributed by atoms with Crippen molar-refractivity contribution in [3.8, 4) is 22.9 Å². The van der Waals surface area contributed by atoms with Crippen molar-refractivity contribution < 1.29 is 9.47 Å². The number of aryl methyl sites for hydroxylation is 2. The first-order chi connectivity index (χ1) is 15.2. The van der Waals surface area contributed by atoms with Gasteiger partial charge in [0.25, 0.3) is 5.56 Å². The highest BCUT2D eigenvalue weighted by atomic mass is 32.1. The van der Waals surface area contributed by atoms with Gasteiger partial charge in [-0.25, -0.2) is 4.98 Å². The molecule has 5 nitrogen and oxygen atoms in total. The summed E-state index contributed by atoms with van der Waals surface area (Å²) in [5.74, 6) is 1.88. The van der Waals surface area contributed by atoms with Gasteiger partial charge in [0.05, 0.1) is 12.0 Å². The Labute approximate surface area is 184 Å². The first-order valence-corrected chi connectivity index (χ1v) is 11.5. The number of hydrogen-bond acceptors (Lipinski definition) is 5. The number of aromatic nitrogens is 2. The second-order valence-corrected chi connectivity index (χ2v) is 8.76. The van der Waals surface area contributed by atoms with Gasteiger partial charge >= 0.3 is 0 Å². The van der Waals surface area contributed by atoms with E-state index in [1.165, 1.54) is 16.9 Å². The van der Waals surface area contributed by atoms with Crippen molar-refractivity contribution >= 4 is 21.6 Å². The van der Waals surface area contributed by atoms with Gasteiger partial charge in [-0.2, -0.15) is 0 Å². The monoisotopic (exact) mass is 432 g/mol. The van der Waals surface area contributed by atoms with E-state index >= 15 is 0 Å². The minimum atomic E-state index is -0.0539. The third-order valence-corrected chi connectivity index (χ3v) is 6.76. The molecule has 6 heteroatoms. The molecule has 0 radical (unpaired) electrons. The van der Waals surface area contributed by atoms with Crippen LogP contribution in [0.5, 0.6) is 11.5 Å². The Morgan fingerprint density at radius 2 is 1.87 bits per heavy atom. The van der Waals surface area contributed by atoms with Crippen LogP contribution in [0, 0.1) is 0 Å². The lowest BCUT2D eigenvalue weighted by atomic mass is 9.97. The van der Waals surface area contributed by atoms with Gasteiger partial charge in [-0.1, -0.05) is 30.3 Å². The summed E-state index contributed by atoms with van der Waals surface area (Å²) < 4.78 is 11.8. The number of H-pyrrole nitrogens is 1. The summed E-state index contributed by atoms with van der Waals surface area (Å²) >= 11 is 1.66. The van der Waals surface area contributed by atoms with Crippen molar-refractivity contribution in [3.05, 3.63) is 74.9 Å². The topological polar surface area (TPSA) is 64.2 Å². The lowest BCUT2D eigenvalue weighted by molar-refractivity contribution is 0.269. The summed E-state index contributed by atoms with van der Waals surface area (Å²) in [6.07, 6.45) is 4.35. The van der Waals surface area contributed by atoms with Crippen LogP contribution >= 0.6 is 11.3 Å². The van der Waals surface area contributed by atoms with Gasteiger partial charge < -0.3 is 14.5 Å². The van der Waals surface area contributed by atoms with Crippen molar-refractivity contribution in [1.29, 1.82) is 0 Å². The third-order valence-electron chi connectivity index (χ3n) is 5.58. The number of ether oxygens (including phenoxy) is 2. The lowest BCUT2D eigenvalue weighted by Gasteiger charge is -2.13. The first kappa shape index (κ1) is 19.8. The molecular formula is C25H24N2O3S. The van der Waals surface area contributed by atoms with E-state index in [2.05, 4.69) is 4.98 Å². The van der Waals surface area contributed by atoms with Crippen molar-refractivity contribution in [2.24, 2.45) is 0 Å². The Balaban J connectivity index is 1.49. The quantitative estimate of drug-likeness (QED) is 0.436. The molecule has 0 unspecified atom stereocenters. The summed E-state index contributed by atoms with van der Waals surface area (Å²) in [7, 11) is 0. The molecule has 2 aromatic heterocycles. The number of hydrogen-bond donors (Lipinski definition) is 1. The first-order valence-electron chi connectivity index (χ1n) is 10.7. The minimum absolute atomic E-state index is 0.0539. The second-order valence-electron chi connectivity index (χ2n) is 7.67. The Hall–Kier alpha value is -3.12. The number of thiophene rings is 1. The molecule has 158 valence electrons. The van der Waals surface area contributed by atoms with E-state index in [1.807, 2.05) is 55.5 Å². The molecule has 0 amide bonds. The maximum atomic E-state index is 12.9. The Bertz CT molecular complexity index is 1280. The van der Waals surface area contributed by atoms with Crippen molar-refractivity contribution in [2.45, 2.75) is 39.2 Å². The van der Waals surface area contributed by atoms with Crippen LogP contribution in [0.15, 0.2) is 53.3 Å².